The van der Waals surface area contributed by atoms with Gasteiger partial charge in [0.05, 0.1) is 24.7 Å². The summed E-state index contributed by atoms with van der Waals surface area (Å²) in [4.78, 5) is 11.6. The van der Waals surface area contributed by atoms with E-state index in [4.69, 9.17) is 18.9 Å². The number of rotatable bonds is 11. The summed E-state index contributed by atoms with van der Waals surface area (Å²) < 4.78 is 22.0. The topological polar surface area (TPSA) is 74.2 Å². The summed E-state index contributed by atoms with van der Waals surface area (Å²) in [5.74, 6) is 1.03. The van der Waals surface area contributed by atoms with Gasteiger partial charge in [0.1, 0.15) is 24.7 Å². The van der Waals surface area contributed by atoms with Gasteiger partial charge in [0.2, 0.25) is 0 Å². The van der Waals surface area contributed by atoms with Crippen molar-refractivity contribution in [1.82, 2.24) is 0 Å². The van der Waals surface area contributed by atoms with Crippen LogP contribution in [0, 0.1) is 5.92 Å². The quantitative estimate of drug-likeness (QED) is 0.452. The fraction of sp³-hybridized carbons (Fsp3) is 0.571. The van der Waals surface area contributed by atoms with Gasteiger partial charge in [0, 0.05) is 6.07 Å². The van der Waals surface area contributed by atoms with Crippen molar-refractivity contribution in [3.8, 4) is 11.5 Å². The number of unbranched alkanes of at least 4 members (excludes halogenated alkanes) is 3. The molecule has 0 bridgehead atoms. The van der Waals surface area contributed by atoms with Gasteiger partial charge in [0.15, 0.2) is 11.5 Å². The van der Waals surface area contributed by atoms with Crippen LogP contribution < -0.4 is 9.47 Å². The van der Waals surface area contributed by atoms with Crippen LogP contribution in [-0.2, 0) is 14.3 Å². The van der Waals surface area contributed by atoms with Crippen molar-refractivity contribution < 1.29 is 28.8 Å². The molecule has 2 rings (SSSR count). The summed E-state index contributed by atoms with van der Waals surface area (Å²) in [6, 6.07) is 5.18. The third kappa shape index (κ3) is 6.08. The lowest BCUT2D eigenvalue weighted by molar-refractivity contribution is -0.148. The second-order valence-corrected chi connectivity index (χ2v) is 6.59. The highest BCUT2D eigenvalue weighted by Gasteiger charge is 2.22. The van der Waals surface area contributed by atoms with E-state index in [2.05, 4.69) is 6.92 Å². The Hall–Kier alpha value is -2.37. The molecule has 0 saturated carbocycles. The van der Waals surface area contributed by atoms with Crippen molar-refractivity contribution in [1.29, 1.82) is 0 Å². The molecule has 0 fully saturated rings. The lowest BCUT2D eigenvalue weighted by Crippen LogP contribution is -2.21. The number of hydrogen-bond donors (Lipinski definition) is 1. The third-order valence-corrected chi connectivity index (χ3v) is 4.29. The van der Waals surface area contributed by atoms with Crippen LogP contribution in [0.3, 0.4) is 0 Å². The molecular weight excluding hydrogens is 348 g/mol. The molecule has 0 radical (unpaired) electrons. The van der Waals surface area contributed by atoms with E-state index in [1.165, 1.54) is 12.8 Å². The van der Waals surface area contributed by atoms with E-state index in [9.17, 15) is 9.90 Å². The Morgan fingerprint density at radius 1 is 1.22 bits per heavy atom. The molecule has 0 spiro atoms. The molecule has 0 amide bonds. The number of fused-ring (bicyclic) bond motifs is 1. The third-order valence-electron chi connectivity index (χ3n) is 4.29. The molecule has 0 aliphatic carbocycles. The normalized spacial score (nSPS) is 14.2. The van der Waals surface area contributed by atoms with Crippen LogP contribution in [0.5, 0.6) is 11.5 Å². The largest absolute Gasteiger partial charge is 0.504 e. The van der Waals surface area contributed by atoms with Gasteiger partial charge in [0.25, 0.3) is 0 Å². The molecule has 1 aliphatic rings. The van der Waals surface area contributed by atoms with Crippen molar-refractivity contribution >= 4 is 11.7 Å². The number of aliphatic hydroxyl groups excluding tert-OH is 1. The summed E-state index contributed by atoms with van der Waals surface area (Å²) in [6.45, 7) is 7.02. The van der Waals surface area contributed by atoms with Crippen LogP contribution in [0.4, 0.5) is 0 Å². The van der Waals surface area contributed by atoms with Gasteiger partial charge < -0.3 is 24.1 Å². The summed E-state index contributed by atoms with van der Waals surface area (Å²) in [5.41, 5.74) is 0.579. The predicted molar refractivity (Wildman–Crippen MR) is 103 cm³/mol. The second kappa shape index (κ2) is 10.7. The smallest absolute Gasteiger partial charge is 0.312 e. The number of hydrogen-bond acceptors (Lipinski definition) is 6. The molecule has 0 saturated heterocycles. The summed E-state index contributed by atoms with van der Waals surface area (Å²) in [5, 5.41) is 10.4. The molecule has 1 N–H and O–H groups in total. The average molecular weight is 378 g/mol. The molecule has 27 heavy (non-hydrogen) atoms. The van der Waals surface area contributed by atoms with Crippen molar-refractivity contribution in [2.24, 2.45) is 5.92 Å². The second-order valence-electron chi connectivity index (χ2n) is 6.59. The SMILES string of the molecule is CCCCCCOC1=C(O)c2ccc(OCC(C)C(=O)OCC)cc2OC1. The number of aliphatic hydroxyl groups is 1. The number of carbonyl (C=O) groups is 1. The molecule has 1 atom stereocenters. The standard InChI is InChI=1S/C21H30O6/c1-4-6-7-8-11-25-19-14-27-18-12-16(9-10-17(18)20(19)22)26-13-15(3)21(23)24-5-2/h9-10,12,15,22H,4-8,11,13-14H2,1-3H3. The zero-order valence-electron chi connectivity index (χ0n) is 16.5. The van der Waals surface area contributed by atoms with Crippen LogP contribution in [-0.4, -0.2) is 37.5 Å². The first-order valence-corrected chi connectivity index (χ1v) is 9.68. The first-order valence-electron chi connectivity index (χ1n) is 9.68. The zero-order chi connectivity index (χ0) is 19.6. The Morgan fingerprint density at radius 3 is 2.78 bits per heavy atom. The molecule has 0 aromatic heterocycles. The molecule has 1 aromatic rings. The Kier molecular flexibility index (Phi) is 8.30. The van der Waals surface area contributed by atoms with Gasteiger partial charge in [-0.1, -0.05) is 26.2 Å². The molecule has 1 heterocycles. The van der Waals surface area contributed by atoms with E-state index in [1.54, 1.807) is 32.0 Å². The average Bonchev–Trinajstić information content (AvgIpc) is 2.67. The fourth-order valence-corrected chi connectivity index (χ4v) is 2.68. The predicted octanol–water partition coefficient (Wildman–Crippen LogP) is 4.48. The van der Waals surface area contributed by atoms with E-state index < -0.39 is 0 Å². The molecule has 1 aliphatic heterocycles. The van der Waals surface area contributed by atoms with Crippen LogP contribution in [0.25, 0.3) is 5.76 Å². The molecule has 1 aromatic carbocycles. The number of esters is 1. The summed E-state index contributed by atoms with van der Waals surface area (Å²) >= 11 is 0. The van der Waals surface area contributed by atoms with Crippen molar-refractivity contribution in [3.05, 3.63) is 29.5 Å². The van der Waals surface area contributed by atoms with Crippen molar-refractivity contribution in [2.45, 2.75) is 46.5 Å². The van der Waals surface area contributed by atoms with E-state index in [0.717, 1.165) is 12.8 Å². The van der Waals surface area contributed by atoms with Crippen LogP contribution in [0.2, 0.25) is 0 Å². The lowest BCUT2D eigenvalue weighted by atomic mass is 10.1. The highest BCUT2D eigenvalue weighted by Crippen LogP contribution is 2.35. The Bertz CT molecular complexity index is 652. The fourth-order valence-electron chi connectivity index (χ4n) is 2.68. The van der Waals surface area contributed by atoms with Gasteiger partial charge in [-0.25, -0.2) is 0 Å². The van der Waals surface area contributed by atoms with E-state index in [1.807, 2.05) is 0 Å². The first kappa shape index (κ1) is 20.9. The zero-order valence-corrected chi connectivity index (χ0v) is 16.5. The van der Waals surface area contributed by atoms with E-state index in [0.29, 0.717) is 36.0 Å². The van der Waals surface area contributed by atoms with Crippen LogP contribution in [0.1, 0.15) is 52.0 Å². The molecule has 150 valence electrons. The van der Waals surface area contributed by atoms with Gasteiger partial charge in [-0.2, -0.15) is 0 Å². The van der Waals surface area contributed by atoms with Crippen LogP contribution >= 0.6 is 0 Å². The Balaban J connectivity index is 1.93. The minimum atomic E-state index is -0.358. The minimum Gasteiger partial charge on any atom is -0.504 e. The van der Waals surface area contributed by atoms with Crippen LogP contribution in [0.15, 0.2) is 24.0 Å². The maximum atomic E-state index is 11.6. The van der Waals surface area contributed by atoms with Crippen molar-refractivity contribution in [2.75, 3.05) is 26.4 Å². The highest BCUT2D eigenvalue weighted by atomic mass is 16.5. The van der Waals surface area contributed by atoms with Gasteiger partial charge in [-0.05, 0) is 32.4 Å². The monoisotopic (exact) mass is 378 g/mol. The molecule has 6 nitrogen and oxygen atoms in total. The Labute approximate surface area is 161 Å². The Morgan fingerprint density at radius 2 is 2.04 bits per heavy atom. The maximum Gasteiger partial charge on any atom is 0.312 e. The molecular formula is C21H30O6. The number of benzene rings is 1. The summed E-state index contributed by atoms with van der Waals surface area (Å²) in [6.07, 6.45) is 4.44. The van der Waals surface area contributed by atoms with Gasteiger partial charge >= 0.3 is 5.97 Å². The van der Waals surface area contributed by atoms with E-state index >= 15 is 0 Å². The lowest BCUT2D eigenvalue weighted by Gasteiger charge is -2.22. The van der Waals surface area contributed by atoms with Gasteiger partial charge in [-0.15, -0.1) is 0 Å². The molecule has 6 heteroatoms. The van der Waals surface area contributed by atoms with Gasteiger partial charge in [-0.3, -0.25) is 4.79 Å². The van der Waals surface area contributed by atoms with Crippen molar-refractivity contribution in [3.63, 3.8) is 0 Å². The molecule has 1 unspecified atom stereocenters. The number of ether oxygens (including phenoxy) is 4. The highest BCUT2D eigenvalue weighted by molar-refractivity contribution is 5.72. The van der Waals surface area contributed by atoms with E-state index in [-0.39, 0.29) is 30.9 Å². The summed E-state index contributed by atoms with van der Waals surface area (Å²) in [7, 11) is 0. The maximum absolute atomic E-state index is 11.6. The number of carbonyl (C=O) groups excluding carboxylic acids is 1. The minimum absolute atomic E-state index is 0.109. The first-order chi connectivity index (χ1) is 13.1.